The van der Waals surface area contributed by atoms with Crippen LogP contribution in [0.3, 0.4) is 0 Å². The van der Waals surface area contributed by atoms with Crippen molar-refractivity contribution >= 4 is 11.6 Å². The highest BCUT2D eigenvalue weighted by Gasteiger charge is 2.23. The molecule has 2 aromatic heterocycles. The van der Waals surface area contributed by atoms with Gasteiger partial charge in [-0.25, -0.2) is 4.98 Å². The van der Waals surface area contributed by atoms with Crippen molar-refractivity contribution in [3.8, 4) is 0 Å². The fourth-order valence-corrected chi connectivity index (χ4v) is 1.56. The van der Waals surface area contributed by atoms with Gasteiger partial charge in [0.2, 0.25) is 17.5 Å². The number of nitrogens with zero attached hydrogens (tertiary/aromatic N) is 4. The molecule has 8 heteroatoms. The van der Waals surface area contributed by atoms with E-state index in [1.54, 1.807) is 31.7 Å². The van der Waals surface area contributed by atoms with E-state index in [2.05, 4.69) is 15.3 Å². The maximum absolute atomic E-state index is 10.9. The Morgan fingerprint density at radius 1 is 1.56 bits per heavy atom. The first-order valence-corrected chi connectivity index (χ1v) is 5.32. The second-order valence-electron chi connectivity index (χ2n) is 3.87. The first-order chi connectivity index (χ1) is 8.49. The Morgan fingerprint density at radius 2 is 2.28 bits per heavy atom. The highest BCUT2D eigenvalue weighted by atomic mass is 16.6. The summed E-state index contributed by atoms with van der Waals surface area (Å²) < 4.78 is 6.90. The van der Waals surface area contributed by atoms with Crippen LogP contribution < -0.4 is 5.32 Å². The zero-order valence-corrected chi connectivity index (χ0v) is 10.3. The molecule has 0 saturated carbocycles. The Balaban J connectivity index is 2.20. The van der Waals surface area contributed by atoms with Crippen LogP contribution >= 0.6 is 0 Å². The van der Waals surface area contributed by atoms with Crippen molar-refractivity contribution in [2.75, 3.05) is 5.32 Å². The maximum atomic E-state index is 10.9. The summed E-state index contributed by atoms with van der Waals surface area (Å²) in [5, 5.41) is 13.8. The Labute approximate surface area is 103 Å². The molecule has 0 radical (unpaired) electrons. The number of oxazole rings is 1. The number of hydrogen-bond donors (Lipinski definition) is 1. The van der Waals surface area contributed by atoms with Gasteiger partial charge in [-0.3, -0.25) is 4.57 Å². The second kappa shape index (κ2) is 4.47. The molecular formula is C10H13N5O3. The molecule has 0 aromatic carbocycles. The lowest BCUT2D eigenvalue weighted by Crippen LogP contribution is -2.06. The van der Waals surface area contributed by atoms with Crippen LogP contribution in [0.5, 0.6) is 0 Å². The van der Waals surface area contributed by atoms with Gasteiger partial charge >= 0.3 is 5.82 Å². The molecule has 0 aliphatic heterocycles. The van der Waals surface area contributed by atoms with Crippen LogP contribution in [0.1, 0.15) is 17.5 Å². The molecule has 2 aromatic rings. The lowest BCUT2D eigenvalue weighted by atomic mass is 10.5. The summed E-state index contributed by atoms with van der Waals surface area (Å²) in [7, 11) is 1.71. The summed E-state index contributed by atoms with van der Waals surface area (Å²) in [5.41, 5.74) is 0. The van der Waals surface area contributed by atoms with E-state index in [9.17, 15) is 10.1 Å². The number of anilines is 1. The molecule has 8 nitrogen and oxygen atoms in total. The summed E-state index contributed by atoms with van der Waals surface area (Å²) >= 11 is 0. The minimum Gasteiger partial charge on any atom is -0.444 e. The molecule has 0 aliphatic rings. The third-order valence-electron chi connectivity index (χ3n) is 2.55. The van der Waals surface area contributed by atoms with Crippen LogP contribution in [-0.2, 0) is 13.6 Å². The average Bonchev–Trinajstić information content (AvgIpc) is 2.83. The molecule has 0 atom stereocenters. The van der Waals surface area contributed by atoms with Gasteiger partial charge in [0.15, 0.2) is 0 Å². The molecule has 2 heterocycles. The van der Waals surface area contributed by atoms with E-state index < -0.39 is 4.92 Å². The van der Waals surface area contributed by atoms with Crippen LogP contribution in [0.2, 0.25) is 0 Å². The molecule has 1 N–H and O–H groups in total. The molecular weight excluding hydrogens is 238 g/mol. The van der Waals surface area contributed by atoms with E-state index in [-0.39, 0.29) is 12.4 Å². The fourth-order valence-electron chi connectivity index (χ4n) is 1.56. The molecule has 0 amide bonds. The van der Waals surface area contributed by atoms with Gasteiger partial charge in [-0.2, -0.15) is 0 Å². The van der Waals surface area contributed by atoms with Crippen LogP contribution in [0, 0.1) is 24.0 Å². The van der Waals surface area contributed by atoms with Crippen LogP contribution in [-0.4, -0.2) is 19.5 Å². The quantitative estimate of drug-likeness (QED) is 0.653. The third kappa shape index (κ3) is 2.17. The Hall–Kier alpha value is -2.38. The Kier molecular flexibility index (Phi) is 3.00. The van der Waals surface area contributed by atoms with Crippen molar-refractivity contribution in [2.45, 2.75) is 20.4 Å². The Bertz CT molecular complexity index is 586. The Morgan fingerprint density at radius 3 is 2.83 bits per heavy atom. The van der Waals surface area contributed by atoms with E-state index in [0.29, 0.717) is 23.3 Å². The highest BCUT2D eigenvalue weighted by Crippen LogP contribution is 2.24. The molecule has 0 bridgehead atoms. The van der Waals surface area contributed by atoms with Gasteiger partial charge in [0.1, 0.15) is 5.76 Å². The molecule has 0 fully saturated rings. The number of aromatic nitrogens is 3. The van der Waals surface area contributed by atoms with Crippen LogP contribution in [0.25, 0.3) is 0 Å². The normalized spacial score (nSPS) is 10.6. The van der Waals surface area contributed by atoms with E-state index in [1.165, 1.54) is 0 Å². The van der Waals surface area contributed by atoms with Crippen molar-refractivity contribution in [2.24, 2.45) is 7.05 Å². The minimum atomic E-state index is -0.518. The van der Waals surface area contributed by atoms with Gasteiger partial charge in [-0.1, -0.05) is 0 Å². The van der Waals surface area contributed by atoms with Gasteiger partial charge in [0.25, 0.3) is 0 Å². The smallest absolute Gasteiger partial charge is 0.406 e. The summed E-state index contributed by atoms with van der Waals surface area (Å²) in [6.07, 6.45) is 1.60. The van der Waals surface area contributed by atoms with E-state index in [1.807, 2.05) is 0 Å². The second-order valence-corrected chi connectivity index (χ2v) is 3.87. The van der Waals surface area contributed by atoms with E-state index in [4.69, 9.17) is 4.42 Å². The van der Waals surface area contributed by atoms with Gasteiger partial charge in [-0.15, -0.1) is 0 Å². The molecule has 2 rings (SSSR count). The van der Waals surface area contributed by atoms with Crippen LogP contribution in [0.4, 0.5) is 11.6 Å². The first kappa shape index (κ1) is 12.1. The van der Waals surface area contributed by atoms with Crippen molar-refractivity contribution in [1.29, 1.82) is 0 Å². The molecule has 18 heavy (non-hydrogen) atoms. The largest absolute Gasteiger partial charge is 0.444 e. The van der Waals surface area contributed by atoms with Gasteiger partial charge in [-0.05, 0) is 16.8 Å². The SMILES string of the molecule is Cc1cnc(CNc2c([N+](=O)[O-])nc(C)n2C)o1. The number of nitrogens with one attached hydrogen (secondary N) is 1. The predicted octanol–water partition coefficient (Wildman–Crippen LogP) is 1.55. The zero-order chi connectivity index (χ0) is 13.3. The highest BCUT2D eigenvalue weighted by molar-refractivity contribution is 5.53. The summed E-state index contributed by atoms with van der Waals surface area (Å²) in [4.78, 5) is 18.2. The molecule has 0 unspecified atom stereocenters. The molecule has 0 aliphatic carbocycles. The number of nitro groups is 1. The zero-order valence-electron chi connectivity index (χ0n) is 10.3. The molecule has 0 spiro atoms. The maximum Gasteiger partial charge on any atom is 0.406 e. The monoisotopic (exact) mass is 251 g/mol. The van der Waals surface area contributed by atoms with Gasteiger partial charge in [0.05, 0.1) is 12.7 Å². The average molecular weight is 251 g/mol. The number of hydrogen-bond acceptors (Lipinski definition) is 6. The van der Waals surface area contributed by atoms with E-state index >= 15 is 0 Å². The molecule has 0 saturated heterocycles. The first-order valence-electron chi connectivity index (χ1n) is 5.32. The topological polar surface area (TPSA) is 99.0 Å². The number of aryl methyl sites for hydroxylation is 2. The van der Waals surface area contributed by atoms with Crippen LogP contribution in [0.15, 0.2) is 10.6 Å². The summed E-state index contributed by atoms with van der Waals surface area (Å²) in [6.45, 7) is 3.76. The van der Waals surface area contributed by atoms with Gasteiger partial charge < -0.3 is 19.8 Å². The third-order valence-corrected chi connectivity index (χ3v) is 2.55. The molecule has 96 valence electrons. The van der Waals surface area contributed by atoms with Gasteiger partial charge in [0, 0.05) is 14.0 Å². The van der Waals surface area contributed by atoms with Crippen molar-refractivity contribution < 1.29 is 9.34 Å². The van der Waals surface area contributed by atoms with E-state index in [0.717, 1.165) is 0 Å². The van der Waals surface area contributed by atoms with Crippen molar-refractivity contribution in [3.63, 3.8) is 0 Å². The standard InChI is InChI=1S/C10H13N5O3/c1-6-4-11-8(18-6)5-12-9-10(15(16)17)13-7(2)14(9)3/h4,12H,5H2,1-3H3. The number of rotatable bonds is 4. The summed E-state index contributed by atoms with van der Waals surface area (Å²) in [6, 6.07) is 0. The minimum absolute atomic E-state index is 0.196. The lowest BCUT2D eigenvalue weighted by Gasteiger charge is -2.03. The summed E-state index contributed by atoms with van der Waals surface area (Å²) in [5.74, 6) is 1.88. The predicted molar refractivity (Wildman–Crippen MR) is 63.2 cm³/mol. The number of imidazole rings is 1. The fraction of sp³-hybridized carbons (Fsp3) is 0.400. The lowest BCUT2D eigenvalue weighted by molar-refractivity contribution is -0.388. The van der Waals surface area contributed by atoms with Crippen molar-refractivity contribution in [3.05, 3.63) is 33.8 Å². The van der Waals surface area contributed by atoms with Crippen molar-refractivity contribution in [1.82, 2.24) is 14.5 Å².